The number of rotatable bonds is 4. The Morgan fingerprint density at radius 3 is 2.00 bits per heavy atom. The minimum absolute atomic E-state index is 0.119. The van der Waals surface area contributed by atoms with E-state index in [1.165, 1.54) is 0 Å². The van der Waals surface area contributed by atoms with Crippen LogP contribution in [0.5, 0.6) is 0 Å². The van der Waals surface area contributed by atoms with Gasteiger partial charge in [-0.05, 0) is 60.2 Å². The Morgan fingerprint density at radius 1 is 0.568 bits per heavy atom. The molecule has 0 saturated heterocycles. The summed E-state index contributed by atoms with van der Waals surface area (Å²) < 4.78 is 4.22. The maximum Gasteiger partial charge on any atom is 0.286 e. The zero-order valence-corrected chi connectivity index (χ0v) is 19.8. The summed E-state index contributed by atoms with van der Waals surface area (Å²) in [5.41, 5.74) is 6.48. The SMILES string of the molecule is O=[N+]([O-])c1c(-c2ccc3c4ccccc4n(-c4ccccc4)c3c2)ccc2c1ccn2-c1ccccc1. The number of nitro groups is 1. The van der Waals surface area contributed by atoms with E-state index in [1.807, 2.05) is 95.7 Å². The maximum atomic E-state index is 12.4. The summed E-state index contributed by atoms with van der Waals surface area (Å²) in [6, 6.07) is 40.2. The lowest BCUT2D eigenvalue weighted by Crippen LogP contribution is -1.96. The predicted molar refractivity (Wildman–Crippen MR) is 150 cm³/mol. The number of aromatic nitrogens is 2. The number of nitro benzene ring substituents is 1. The van der Waals surface area contributed by atoms with E-state index in [1.54, 1.807) is 0 Å². The van der Waals surface area contributed by atoms with Gasteiger partial charge >= 0.3 is 0 Å². The zero-order valence-electron chi connectivity index (χ0n) is 19.8. The van der Waals surface area contributed by atoms with Crippen LogP contribution in [0.15, 0.2) is 128 Å². The van der Waals surface area contributed by atoms with Gasteiger partial charge in [0.15, 0.2) is 0 Å². The Balaban J connectivity index is 1.49. The summed E-state index contributed by atoms with van der Waals surface area (Å²) >= 11 is 0. The number of hydrogen-bond donors (Lipinski definition) is 0. The van der Waals surface area contributed by atoms with Crippen molar-refractivity contribution in [3.63, 3.8) is 0 Å². The molecule has 0 atom stereocenters. The quantitative estimate of drug-likeness (QED) is 0.188. The monoisotopic (exact) mass is 479 g/mol. The molecular weight excluding hydrogens is 458 g/mol. The third-order valence-corrected chi connectivity index (χ3v) is 7.06. The van der Waals surface area contributed by atoms with Gasteiger partial charge in [0.05, 0.1) is 32.4 Å². The first-order valence-electron chi connectivity index (χ1n) is 12.1. The third kappa shape index (κ3) is 3.25. The molecule has 0 bridgehead atoms. The molecule has 0 N–H and O–H groups in total. The average Bonchev–Trinajstić information content (AvgIpc) is 3.52. The van der Waals surface area contributed by atoms with E-state index in [9.17, 15) is 10.1 Å². The molecule has 0 aliphatic heterocycles. The van der Waals surface area contributed by atoms with Crippen molar-refractivity contribution in [2.24, 2.45) is 0 Å². The molecule has 7 aromatic rings. The van der Waals surface area contributed by atoms with Crippen molar-refractivity contribution >= 4 is 38.4 Å². The smallest absolute Gasteiger partial charge is 0.286 e. The van der Waals surface area contributed by atoms with Gasteiger partial charge in [-0.25, -0.2) is 0 Å². The molecule has 5 heteroatoms. The molecule has 176 valence electrons. The second-order valence-corrected chi connectivity index (χ2v) is 9.09. The summed E-state index contributed by atoms with van der Waals surface area (Å²) in [6.45, 7) is 0. The highest BCUT2D eigenvalue weighted by atomic mass is 16.6. The van der Waals surface area contributed by atoms with Gasteiger partial charge in [0.2, 0.25) is 0 Å². The van der Waals surface area contributed by atoms with E-state index >= 15 is 0 Å². The van der Waals surface area contributed by atoms with E-state index in [-0.39, 0.29) is 10.6 Å². The fourth-order valence-electron chi connectivity index (χ4n) is 5.44. The van der Waals surface area contributed by atoms with Crippen LogP contribution in [0.1, 0.15) is 0 Å². The highest BCUT2D eigenvalue weighted by molar-refractivity contribution is 6.10. The Kier molecular flexibility index (Phi) is 4.69. The first kappa shape index (κ1) is 21.1. The van der Waals surface area contributed by atoms with Gasteiger partial charge in [-0.1, -0.05) is 66.7 Å². The van der Waals surface area contributed by atoms with E-state index in [2.05, 4.69) is 41.0 Å². The predicted octanol–water partition coefficient (Wildman–Crippen LogP) is 8.30. The second kappa shape index (κ2) is 8.21. The molecule has 0 amide bonds. The molecule has 7 rings (SSSR count). The van der Waals surface area contributed by atoms with Crippen molar-refractivity contribution in [2.75, 3.05) is 0 Å². The van der Waals surface area contributed by atoms with Gasteiger partial charge in [-0.2, -0.15) is 0 Å². The molecule has 0 aliphatic carbocycles. The number of fused-ring (bicyclic) bond motifs is 4. The number of para-hydroxylation sites is 3. The van der Waals surface area contributed by atoms with Crippen LogP contribution in [0.25, 0.3) is 55.2 Å². The normalized spacial score (nSPS) is 11.5. The Labute approximate surface area is 212 Å². The number of nitrogens with zero attached hydrogens (tertiary/aromatic N) is 3. The van der Waals surface area contributed by atoms with Gasteiger partial charge in [0, 0.05) is 28.3 Å². The summed E-state index contributed by atoms with van der Waals surface area (Å²) in [6.07, 6.45) is 1.90. The summed E-state index contributed by atoms with van der Waals surface area (Å²) in [5.74, 6) is 0. The van der Waals surface area contributed by atoms with Crippen LogP contribution in [0.4, 0.5) is 5.69 Å². The summed E-state index contributed by atoms with van der Waals surface area (Å²) in [5, 5.41) is 15.3. The molecule has 2 aromatic heterocycles. The molecule has 0 aliphatic rings. The van der Waals surface area contributed by atoms with Gasteiger partial charge in [0.1, 0.15) is 0 Å². The minimum Gasteiger partial charge on any atom is -0.316 e. The topological polar surface area (TPSA) is 53.0 Å². The van der Waals surface area contributed by atoms with E-state index in [4.69, 9.17) is 0 Å². The first-order valence-corrected chi connectivity index (χ1v) is 12.1. The standard InChI is InChI=1S/C32H21N3O2/c36-35(37)32-25(17-18-29-28(32)19-20-33(29)23-9-3-1-4-10-23)22-15-16-27-26-13-7-8-14-30(26)34(31(27)21-22)24-11-5-2-6-12-24/h1-21H. The molecule has 0 radical (unpaired) electrons. The lowest BCUT2D eigenvalue weighted by molar-refractivity contribution is -0.382. The van der Waals surface area contributed by atoms with Crippen LogP contribution in [0, 0.1) is 10.1 Å². The molecule has 0 spiro atoms. The van der Waals surface area contributed by atoms with Crippen LogP contribution >= 0.6 is 0 Å². The van der Waals surface area contributed by atoms with Gasteiger partial charge in [-0.3, -0.25) is 10.1 Å². The van der Waals surface area contributed by atoms with Crippen molar-refractivity contribution in [3.05, 3.63) is 138 Å². The van der Waals surface area contributed by atoms with Crippen LogP contribution in [-0.2, 0) is 0 Å². The van der Waals surface area contributed by atoms with E-state index in [0.717, 1.165) is 44.3 Å². The maximum absolute atomic E-state index is 12.4. The summed E-state index contributed by atoms with van der Waals surface area (Å²) in [4.78, 5) is 12.2. The van der Waals surface area contributed by atoms with Crippen molar-refractivity contribution in [1.82, 2.24) is 9.13 Å². The molecule has 37 heavy (non-hydrogen) atoms. The minimum atomic E-state index is -0.260. The highest BCUT2D eigenvalue weighted by Gasteiger charge is 2.23. The van der Waals surface area contributed by atoms with Crippen molar-refractivity contribution in [2.45, 2.75) is 0 Å². The Morgan fingerprint density at radius 2 is 1.24 bits per heavy atom. The largest absolute Gasteiger partial charge is 0.316 e. The number of hydrogen-bond acceptors (Lipinski definition) is 2. The summed E-state index contributed by atoms with van der Waals surface area (Å²) in [7, 11) is 0. The van der Waals surface area contributed by atoms with Crippen molar-refractivity contribution in [3.8, 4) is 22.5 Å². The van der Waals surface area contributed by atoms with Crippen LogP contribution in [0.3, 0.4) is 0 Å². The van der Waals surface area contributed by atoms with Crippen LogP contribution in [0.2, 0.25) is 0 Å². The Hall–Kier alpha value is -5.16. The van der Waals surface area contributed by atoms with Crippen molar-refractivity contribution in [1.29, 1.82) is 0 Å². The van der Waals surface area contributed by atoms with E-state index < -0.39 is 0 Å². The third-order valence-electron chi connectivity index (χ3n) is 7.06. The van der Waals surface area contributed by atoms with Gasteiger partial charge < -0.3 is 9.13 Å². The molecule has 0 unspecified atom stereocenters. The highest BCUT2D eigenvalue weighted by Crippen LogP contribution is 2.40. The average molecular weight is 480 g/mol. The molecule has 5 aromatic carbocycles. The molecule has 0 fully saturated rings. The van der Waals surface area contributed by atoms with Crippen molar-refractivity contribution < 1.29 is 4.92 Å². The van der Waals surface area contributed by atoms with Crippen LogP contribution < -0.4 is 0 Å². The molecule has 2 heterocycles. The Bertz CT molecular complexity index is 1950. The fourth-order valence-corrected chi connectivity index (χ4v) is 5.44. The lowest BCUT2D eigenvalue weighted by atomic mass is 9.99. The molecule has 0 saturated carbocycles. The fraction of sp³-hybridized carbons (Fsp3) is 0. The lowest BCUT2D eigenvalue weighted by Gasteiger charge is -2.10. The van der Waals surface area contributed by atoms with E-state index in [0.29, 0.717) is 10.9 Å². The van der Waals surface area contributed by atoms with Gasteiger partial charge in [0.25, 0.3) is 5.69 Å². The first-order chi connectivity index (χ1) is 18.2. The molecular formula is C32H21N3O2. The second-order valence-electron chi connectivity index (χ2n) is 9.09. The zero-order chi connectivity index (χ0) is 24.9. The van der Waals surface area contributed by atoms with Gasteiger partial charge in [-0.15, -0.1) is 0 Å². The number of benzene rings is 5. The van der Waals surface area contributed by atoms with Crippen LogP contribution in [-0.4, -0.2) is 14.1 Å². The molecule has 5 nitrogen and oxygen atoms in total.